The van der Waals surface area contributed by atoms with Gasteiger partial charge in [0.25, 0.3) is 0 Å². The predicted molar refractivity (Wildman–Crippen MR) is 60.7 cm³/mol. The van der Waals surface area contributed by atoms with Gasteiger partial charge in [0.1, 0.15) is 24.0 Å². The van der Waals surface area contributed by atoms with Gasteiger partial charge in [-0.15, -0.1) is 0 Å². The van der Waals surface area contributed by atoms with Gasteiger partial charge < -0.3 is 11.1 Å². The highest BCUT2D eigenvalue weighted by atomic mass is 19.4. The Morgan fingerprint density at radius 1 is 1.50 bits per heavy atom. The second-order valence-corrected chi connectivity index (χ2v) is 4.27. The molecule has 3 N–H and O–H groups in total. The van der Waals surface area contributed by atoms with Gasteiger partial charge in [0.2, 0.25) is 0 Å². The van der Waals surface area contributed by atoms with Crippen LogP contribution in [0, 0.1) is 17.2 Å². The number of halogens is 3. The summed E-state index contributed by atoms with van der Waals surface area (Å²) in [6, 6.07) is 1.76. The highest BCUT2D eigenvalue weighted by Gasteiger charge is 2.28. The molecule has 5 nitrogen and oxygen atoms in total. The van der Waals surface area contributed by atoms with Crippen LogP contribution in [0.25, 0.3) is 0 Å². The van der Waals surface area contributed by atoms with Crippen molar-refractivity contribution in [3.8, 4) is 6.07 Å². The zero-order valence-electron chi connectivity index (χ0n) is 10.0. The van der Waals surface area contributed by atoms with E-state index < -0.39 is 12.7 Å². The first-order valence-corrected chi connectivity index (χ1v) is 5.31. The van der Waals surface area contributed by atoms with Crippen molar-refractivity contribution in [1.29, 1.82) is 5.26 Å². The van der Waals surface area contributed by atoms with Crippen molar-refractivity contribution in [3.05, 3.63) is 5.56 Å². The number of nitrogen functional groups attached to an aromatic ring is 1. The normalized spacial score (nSPS) is 11.6. The average molecular weight is 261 g/mol. The molecule has 0 aromatic carbocycles. The van der Waals surface area contributed by atoms with Gasteiger partial charge in [-0.3, -0.25) is 0 Å². The van der Waals surface area contributed by atoms with E-state index in [-0.39, 0.29) is 23.1 Å². The molecule has 0 radical (unpaired) electrons. The lowest BCUT2D eigenvalue weighted by molar-refractivity contribution is -0.115. The first-order valence-electron chi connectivity index (χ1n) is 5.31. The zero-order valence-corrected chi connectivity index (χ0v) is 10.0. The van der Waals surface area contributed by atoms with Gasteiger partial charge in [-0.1, -0.05) is 13.8 Å². The molecule has 0 unspecified atom stereocenters. The molecular weight excluding hydrogens is 247 g/mol. The van der Waals surface area contributed by atoms with Crippen LogP contribution >= 0.6 is 0 Å². The maximum Gasteiger partial charge on any atom is 0.405 e. The summed E-state index contributed by atoms with van der Waals surface area (Å²) >= 11 is 0. The molecule has 8 heteroatoms. The standard InChI is InChI=1S/C10H14F3N5/c1-6(2)4-18-8(15)7(3-14)9(17-18)16-5-10(11,12)13/h6H,4-5,15H2,1-2H3,(H,16,17). The largest absolute Gasteiger partial charge is 0.405 e. The van der Waals surface area contributed by atoms with Gasteiger partial charge in [0.05, 0.1) is 0 Å². The molecule has 1 heterocycles. The molecule has 100 valence electrons. The Hall–Kier alpha value is -1.91. The molecule has 0 aliphatic rings. The SMILES string of the molecule is CC(C)Cn1nc(NCC(F)(F)F)c(C#N)c1N. The van der Waals surface area contributed by atoms with Gasteiger partial charge >= 0.3 is 6.18 Å². The lowest BCUT2D eigenvalue weighted by Gasteiger charge is -2.07. The van der Waals surface area contributed by atoms with Crippen LogP contribution in [0.5, 0.6) is 0 Å². The summed E-state index contributed by atoms with van der Waals surface area (Å²) < 4.78 is 37.6. The van der Waals surface area contributed by atoms with Crippen LogP contribution in [0.4, 0.5) is 24.8 Å². The maximum atomic E-state index is 12.1. The lowest BCUT2D eigenvalue weighted by atomic mass is 10.2. The van der Waals surface area contributed by atoms with E-state index in [2.05, 4.69) is 10.4 Å². The molecule has 0 aliphatic carbocycles. The Bertz CT molecular complexity index is 455. The molecule has 1 aromatic rings. The van der Waals surface area contributed by atoms with Gasteiger partial charge in [-0.05, 0) is 5.92 Å². The smallest absolute Gasteiger partial charge is 0.383 e. The monoisotopic (exact) mass is 261 g/mol. The summed E-state index contributed by atoms with van der Waals surface area (Å²) in [6.07, 6.45) is -4.37. The fourth-order valence-electron chi connectivity index (χ4n) is 1.38. The Morgan fingerprint density at radius 3 is 2.56 bits per heavy atom. The van der Waals surface area contributed by atoms with Crippen molar-refractivity contribution in [3.63, 3.8) is 0 Å². The number of anilines is 2. The van der Waals surface area contributed by atoms with Crippen molar-refractivity contribution < 1.29 is 13.2 Å². The summed E-state index contributed by atoms with van der Waals surface area (Å²) in [5, 5.41) is 14.8. The number of nitrogens with zero attached hydrogens (tertiary/aromatic N) is 3. The van der Waals surface area contributed by atoms with Crippen LogP contribution in [-0.2, 0) is 6.54 Å². The van der Waals surface area contributed by atoms with Crippen molar-refractivity contribution in [2.24, 2.45) is 5.92 Å². The van der Waals surface area contributed by atoms with E-state index >= 15 is 0 Å². The van der Waals surface area contributed by atoms with Crippen LogP contribution in [0.15, 0.2) is 0 Å². The van der Waals surface area contributed by atoms with E-state index in [9.17, 15) is 13.2 Å². The number of hydrogen-bond acceptors (Lipinski definition) is 4. The van der Waals surface area contributed by atoms with E-state index in [1.165, 1.54) is 4.68 Å². The third-order valence-electron chi connectivity index (χ3n) is 2.10. The first-order chi connectivity index (χ1) is 8.24. The summed E-state index contributed by atoms with van der Waals surface area (Å²) in [7, 11) is 0. The zero-order chi connectivity index (χ0) is 13.9. The van der Waals surface area contributed by atoms with E-state index in [0.717, 1.165) is 0 Å². The molecule has 18 heavy (non-hydrogen) atoms. The molecule has 1 aromatic heterocycles. The highest BCUT2D eigenvalue weighted by molar-refractivity contribution is 5.63. The van der Waals surface area contributed by atoms with Crippen LogP contribution < -0.4 is 11.1 Å². The molecule has 0 atom stereocenters. The van der Waals surface area contributed by atoms with Crippen LogP contribution in [0.2, 0.25) is 0 Å². The summed E-state index contributed by atoms with van der Waals surface area (Å²) in [6.45, 7) is 3.01. The van der Waals surface area contributed by atoms with Crippen LogP contribution in [-0.4, -0.2) is 22.5 Å². The second-order valence-electron chi connectivity index (χ2n) is 4.27. The minimum absolute atomic E-state index is 0.0556. The minimum atomic E-state index is -4.37. The molecule has 0 saturated carbocycles. The quantitative estimate of drug-likeness (QED) is 0.868. The van der Waals surface area contributed by atoms with Crippen LogP contribution in [0.3, 0.4) is 0 Å². The third kappa shape index (κ3) is 3.55. The summed E-state index contributed by atoms with van der Waals surface area (Å²) in [4.78, 5) is 0. The van der Waals surface area contributed by atoms with Gasteiger partial charge in [-0.25, -0.2) is 4.68 Å². The maximum absolute atomic E-state index is 12.1. The number of aromatic nitrogens is 2. The summed E-state index contributed by atoms with van der Waals surface area (Å²) in [5.74, 6) is 0.165. The third-order valence-corrected chi connectivity index (χ3v) is 2.10. The number of nitrogens with one attached hydrogen (secondary N) is 1. The fourth-order valence-corrected chi connectivity index (χ4v) is 1.38. The number of nitrogens with two attached hydrogens (primary N) is 1. The second kappa shape index (κ2) is 5.16. The Labute approximate surface area is 102 Å². The summed E-state index contributed by atoms with van der Waals surface area (Å²) in [5.41, 5.74) is 5.60. The minimum Gasteiger partial charge on any atom is -0.383 e. The Balaban J connectivity index is 2.95. The number of nitriles is 1. The van der Waals surface area contributed by atoms with Gasteiger partial charge in [0.15, 0.2) is 5.82 Å². The predicted octanol–water partition coefficient (Wildman–Crippen LogP) is 1.97. The lowest BCUT2D eigenvalue weighted by Crippen LogP contribution is -2.22. The number of hydrogen-bond donors (Lipinski definition) is 2. The first kappa shape index (κ1) is 14.2. The molecule has 0 saturated heterocycles. The van der Waals surface area contributed by atoms with Crippen molar-refractivity contribution in [2.75, 3.05) is 17.6 Å². The number of alkyl halides is 3. The molecule has 0 spiro atoms. The highest BCUT2D eigenvalue weighted by Crippen LogP contribution is 2.23. The molecule has 0 amide bonds. The van der Waals surface area contributed by atoms with E-state index in [0.29, 0.717) is 6.54 Å². The Kier molecular flexibility index (Phi) is 4.06. The molecule has 1 rings (SSSR count). The van der Waals surface area contributed by atoms with Crippen molar-refractivity contribution in [1.82, 2.24) is 9.78 Å². The van der Waals surface area contributed by atoms with E-state index in [1.54, 1.807) is 6.07 Å². The van der Waals surface area contributed by atoms with E-state index in [1.807, 2.05) is 13.8 Å². The topological polar surface area (TPSA) is 79.7 Å². The average Bonchev–Trinajstić information content (AvgIpc) is 2.51. The fraction of sp³-hybridized carbons (Fsp3) is 0.600. The molecular formula is C10H14F3N5. The van der Waals surface area contributed by atoms with E-state index in [4.69, 9.17) is 11.0 Å². The number of rotatable bonds is 4. The van der Waals surface area contributed by atoms with Gasteiger partial charge in [-0.2, -0.15) is 23.5 Å². The Morgan fingerprint density at radius 2 is 2.11 bits per heavy atom. The van der Waals surface area contributed by atoms with Crippen molar-refractivity contribution >= 4 is 11.6 Å². The molecule has 0 fully saturated rings. The van der Waals surface area contributed by atoms with Gasteiger partial charge in [0, 0.05) is 6.54 Å². The molecule has 0 bridgehead atoms. The van der Waals surface area contributed by atoms with Crippen LogP contribution in [0.1, 0.15) is 19.4 Å². The van der Waals surface area contributed by atoms with Crippen molar-refractivity contribution in [2.45, 2.75) is 26.6 Å². The molecule has 0 aliphatic heterocycles.